The van der Waals surface area contributed by atoms with Crippen molar-refractivity contribution in [2.75, 3.05) is 7.11 Å². The predicted octanol–water partition coefficient (Wildman–Crippen LogP) is 4.83. The molecule has 0 spiro atoms. The van der Waals surface area contributed by atoms with E-state index in [2.05, 4.69) is 10.6 Å². The van der Waals surface area contributed by atoms with Crippen molar-refractivity contribution in [3.05, 3.63) is 71.2 Å². The number of carbonyl (C=O) groups is 4. The number of carbonyl (C=O) groups excluding carboxylic acids is 4. The number of primary amides is 1. The lowest BCUT2D eigenvalue weighted by Crippen LogP contribution is -2.52. The average Bonchev–Trinajstić information content (AvgIpc) is 2.88. The molecule has 0 aromatic rings. The molecule has 0 saturated carbocycles. The van der Waals surface area contributed by atoms with Gasteiger partial charge in [0.05, 0.1) is 7.11 Å². The van der Waals surface area contributed by atoms with E-state index < -0.39 is 41.4 Å². The van der Waals surface area contributed by atoms with Gasteiger partial charge in [-0.1, -0.05) is 74.4 Å². The van der Waals surface area contributed by atoms with Crippen LogP contribution in [0.4, 0.5) is 4.79 Å². The lowest BCUT2D eigenvalue weighted by molar-refractivity contribution is -0.149. The highest BCUT2D eigenvalue weighted by Crippen LogP contribution is 2.20. The topological polar surface area (TPSA) is 146 Å². The first kappa shape index (κ1) is 35.2. The molecule has 1 aliphatic rings. The average molecular weight is 592 g/mol. The zero-order valence-electron chi connectivity index (χ0n) is 24.6. The summed E-state index contributed by atoms with van der Waals surface area (Å²) in [6.07, 6.45) is 15.0. The highest BCUT2D eigenvalue weighted by molar-refractivity contribution is 6.29. The maximum Gasteiger partial charge on any atom is 0.404 e. The molecule has 0 aromatic heterocycles. The molecule has 0 aliphatic carbocycles. The van der Waals surface area contributed by atoms with Crippen LogP contribution in [0.15, 0.2) is 71.2 Å². The first-order chi connectivity index (χ1) is 19.2. The van der Waals surface area contributed by atoms with Gasteiger partial charge in [-0.2, -0.15) is 0 Å². The molecule has 0 bridgehead atoms. The van der Waals surface area contributed by atoms with Gasteiger partial charge in [-0.25, -0.2) is 9.59 Å². The summed E-state index contributed by atoms with van der Waals surface area (Å²) in [6.45, 7) is 9.13. The fourth-order valence-corrected chi connectivity index (χ4v) is 3.68. The molecule has 2 unspecified atom stereocenters. The van der Waals surface area contributed by atoms with Crippen LogP contribution < -0.4 is 16.4 Å². The maximum absolute atomic E-state index is 12.8. The summed E-state index contributed by atoms with van der Waals surface area (Å²) in [7, 11) is 1.43. The summed E-state index contributed by atoms with van der Waals surface area (Å²) >= 11 is 5.84. The normalized spacial score (nSPS) is 18.2. The number of methoxy groups -OCH3 is 1. The summed E-state index contributed by atoms with van der Waals surface area (Å²) in [5.41, 5.74) is 5.48. The number of ether oxygens (including phenoxy) is 3. The van der Waals surface area contributed by atoms with Gasteiger partial charge in [0, 0.05) is 36.8 Å². The van der Waals surface area contributed by atoms with Gasteiger partial charge in [0.2, 0.25) is 11.8 Å². The van der Waals surface area contributed by atoms with Crippen LogP contribution in [0.3, 0.4) is 0 Å². The van der Waals surface area contributed by atoms with Crippen LogP contribution in [0.1, 0.15) is 60.3 Å². The van der Waals surface area contributed by atoms with Crippen LogP contribution in [0.25, 0.3) is 0 Å². The van der Waals surface area contributed by atoms with E-state index in [0.717, 1.165) is 5.57 Å². The second-order valence-electron chi connectivity index (χ2n) is 10.5. The highest BCUT2D eigenvalue weighted by atomic mass is 35.5. The number of hydrogen-bond donors (Lipinski definition) is 3. The van der Waals surface area contributed by atoms with E-state index in [4.69, 9.17) is 31.5 Å². The third-order valence-corrected chi connectivity index (χ3v) is 5.94. The summed E-state index contributed by atoms with van der Waals surface area (Å²) in [5, 5.41) is 5.97. The van der Waals surface area contributed by atoms with E-state index in [1.165, 1.54) is 19.4 Å². The van der Waals surface area contributed by atoms with Crippen LogP contribution >= 0.6 is 11.6 Å². The number of esters is 1. The van der Waals surface area contributed by atoms with E-state index in [-0.39, 0.29) is 11.9 Å². The first-order valence-electron chi connectivity index (χ1n) is 13.2. The molecule has 11 heteroatoms. The van der Waals surface area contributed by atoms with Crippen molar-refractivity contribution in [1.29, 1.82) is 0 Å². The zero-order valence-corrected chi connectivity index (χ0v) is 25.3. The zero-order chi connectivity index (χ0) is 31.0. The van der Waals surface area contributed by atoms with Crippen molar-refractivity contribution in [2.45, 2.75) is 78.6 Å². The van der Waals surface area contributed by atoms with Gasteiger partial charge in [-0.3, -0.25) is 9.59 Å². The van der Waals surface area contributed by atoms with Crippen LogP contribution in [-0.4, -0.2) is 49.2 Å². The van der Waals surface area contributed by atoms with Crippen molar-refractivity contribution in [1.82, 2.24) is 10.6 Å². The maximum atomic E-state index is 12.8. The van der Waals surface area contributed by atoms with Crippen LogP contribution in [0.5, 0.6) is 0 Å². The number of halogens is 1. The van der Waals surface area contributed by atoms with Crippen molar-refractivity contribution in [3.8, 4) is 0 Å². The summed E-state index contributed by atoms with van der Waals surface area (Å²) in [4.78, 5) is 48.2. The lowest BCUT2D eigenvalue weighted by atomic mass is 9.86. The minimum atomic E-state index is -0.900. The lowest BCUT2D eigenvalue weighted by Gasteiger charge is -2.29. The summed E-state index contributed by atoms with van der Waals surface area (Å²) < 4.78 is 15.3. The Morgan fingerprint density at radius 1 is 1.17 bits per heavy atom. The fraction of sp³-hybridized carbons (Fsp3) is 0.467. The van der Waals surface area contributed by atoms with Gasteiger partial charge in [-0.15, -0.1) is 0 Å². The number of amides is 3. The smallest absolute Gasteiger partial charge is 0.404 e. The monoisotopic (exact) mass is 591 g/mol. The highest BCUT2D eigenvalue weighted by Gasteiger charge is 2.32. The molecule has 10 nitrogen and oxygen atoms in total. The van der Waals surface area contributed by atoms with E-state index in [9.17, 15) is 19.2 Å². The second kappa shape index (κ2) is 17.8. The first-order valence-corrected chi connectivity index (χ1v) is 13.6. The van der Waals surface area contributed by atoms with Gasteiger partial charge in [0.1, 0.15) is 18.2 Å². The molecular weight excluding hydrogens is 550 g/mol. The predicted molar refractivity (Wildman–Crippen MR) is 158 cm³/mol. The Balaban J connectivity index is 2.64. The van der Waals surface area contributed by atoms with E-state index in [1.807, 2.05) is 39.8 Å². The van der Waals surface area contributed by atoms with Crippen molar-refractivity contribution in [3.63, 3.8) is 0 Å². The quantitative estimate of drug-likeness (QED) is 0.149. The van der Waals surface area contributed by atoms with Crippen molar-refractivity contribution in [2.24, 2.45) is 11.1 Å². The minimum absolute atomic E-state index is 0.222. The summed E-state index contributed by atoms with van der Waals surface area (Å²) in [6, 6.07) is -0.819. The van der Waals surface area contributed by atoms with Gasteiger partial charge < -0.3 is 30.6 Å². The molecule has 0 saturated heterocycles. The second-order valence-corrected chi connectivity index (χ2v) is 11.1. The molecular formula is C30H42ClN3O7. The molecule has 3 atom stereocenters. The molecule has 0 fully saturated rings. The van der Waals surface area contributed by atoms with Crippen LogP contribution in [-0.2, 0) is 28.6 Å². The molecule has 0 aromatic carbocycles. The Morgan fingerprint density at radius 3 is 2.44 bits per heavy atom. The number of hydrogen-bond acceptors (Lipinski definition) is 7. The Morgan fingerprint density at radius 2 is 1.85 bits per heavy atom. The van der Waals surface area contributed by atoms with E-state index in [1.54, 1.807) is 37.3 Å². The number of allylic oxidation sites excluding steroid dienone is 5. The standard InChI is InChI=1S/C30H42ClN3O7/c1-20(13-15-23-17-18-24(39-6)28(37)40-23)10-7-8-12-25(35)34-26(30(3,4)5)27(36)33-19-9-11-22(41-29(32)38)16-14-21(2)31/h7-10,12-14,18-19,22-23,26H,11,15-17H2,1-6H3,(H2,32,38)(H,33,36)(H,34,35)/b10-7-,12-8-,19-9-,20-13+,21-14+/t22?,23-,26?/m1/s1. The van der Waals surface area contributed by atoms with Crippen LogP contribution in [0, 0.1) is 5.41 Å². The molecule has 1 rings (SSSR count). The van der Waals surface area contributed by atoms with Gasteiger partial charge in [0.15, 0.2) is 5.76 Å². The molecule has 1 heterocycles. The SMILES string of the molecule is COC1=CC[C@@H](C/C=C(C)/C=C\C=C/C(=O)NC(C(=O)N/C=C\CC(C/C=C(\C)Cl)OC(N)=O)C(C)(C)C)OC1=O. The van der Waals surface area contributed by atoms with Gasteiger partial charge >= 0.3 is 12.1 Å². The molecule has 4 N–H and O–H groups in total. The molecule has 41 heavy (non-hydrogen) atoms. The number of cyclic esters (lactones) is 1. The number of rotatable bonds is 14. The molecule has 1 aliphatic heterocycles. The molecule has 3 amide bonds. The molecule has 0 radical (unpaired) electrons. The fourth-order valence-electron chi connectivity index (χ4n) is 3.59. The van der Waals surface area contributed by atoms with Gasteiger partial charge in [-0.05, 0) is 31.5 Å². The third-order valence-electron chi connectivity index (χ3n) is 5.78. The van der Waals surface area contributed by atoms with Gasteiger partial charge in [0.25, 0.3) is 0 Å². The molecule has 226 valence electrons. The van der Waals surface area contributed by atoms with Crippen molar-refractivity contribution >= 4 is 35.5 Å². The number of nitrogens with two attached hydrogens (primary N) is 1. The van der Waals surface area contributed by atoms with E-state index in [0.29, 0.717) is 30.7 Å². The minimum Gasteiger partial charge on any atom is -0.490 e. The Hall–Kier alpha value is -3.79. The Bertz CT molecular complexity index is 1110. The third kappa shape index (κ3) is 15.0. The van der Waals surface area contributed by atoms with Crippen molar-refractivity contribution < 1.29 is 33.4 Å². The Labute approximate surface area is 247 Å². The largest absolute Gasteiger partial charge is 0.490 e. The van der Waals surface area contributed by atoms with E-state index >= 15 is 0 Å². The number of nitrogens with one attached hydrogen (secondary N) is 2. The van der Waals surface area contributed by atoms with Crippen LogP contribution in [0.2, 0.25) is 0 Å². The Kier molecular flexibility index (Phi) is 15.3. The summed E-state index contributed by atoms with van der Waals surface area (Å²) in [5.74, 6) is -1.07.